The van der Waals surface area contributed by atoms with Crippen molar-refractivity contribution in [3.63, 3.8) is 0 Å². The van der Waals surface area contributed by atoms with Crippen molar-refractivity contribution >= 4 is 11.8 Å². The number of hydrogen-bond donors (Lipinski definition) is 1. The van der Waals surface area contributed by atoms with Gasteiger partial charge in [-0.3, -0.25) is 19.7 Å². The van der Waals surface area contributed by atoms with Gasteiger partial charge in [-0.1, -0.05) is 24.3 Å². The Balaban J connectivity index is 1.26. The minimum absolute atomic E-state index is 0.107. The van der Waals surface area contributed by atoms with E-state index in [0.29, 0.717) is 31.0 Å². The smallest absolute Gasteiger partial charge is 0.271 e. The fourth-order valence-electron chi connectivity index (χ4n) is 4.57. The Labute approximate surface area is 181 Å². The Bertz CT molecular complexity index is 1090. The second-order valence-electron chi connectivity index (χ2n) is 8.28. The number of likely N-dealkylation sites (tertiary alicyclic amines) is 1. The van der Waals surface area contributed by atoms with Crippen LogP contribution in [0.4, 0.5) is 0 Å². The SMILES string of the molecule is O=C(c1cc(-c2cccnc2)n[nH]1)N1CCCC(C(=O)N2CCc3ccccc3C2)C1. The van der Waals surface area contributed by atoms with Crippen LogP contribution in [-0.4, -0.2) is 56.4 Å². The molecule has 2 aromatic heterocycles. The van der Waals surface area contributed by atoms with Crippen molar-refractivity contribution in [1.82, 2.24) is 25.0 Å². The molecular weight excluding hydrogens is 390 g/mol. The number of carbonyl (C=O) groups excluding carboxylic acids is 2. The van der Waals surface area contributed by atoms with Crippen molar-refractivity contribution in [3.05, 3.63) is 71.7 Å². The van der Waals surface area contributed by atoms with Gasteiger partial charge in [0.2, 0.25) is 5.91 Å². The van der Waals surface area contributed by atoms with Gasteiger partial charge in [0.25, 0.3) is 5.91 Å². The second-order valence-corrected chi connectivity index (χ2v) is 8.28. The first-order valence-electron chi connectivity index (χ1n) is 10.8. The quantitative estimate of drug-likeness (QED) is 0.713. The molecule has 31 heavy (non-hydrogen) atoms. The summed E-state index contributed by atoms with van der Waals surface area (Å²) in [6.45, 7) is 2.52. The van der Waals surface area contributed by atoms with E-state index in [0.717, 1.165) is 31.4 Å². The molecule has 2 aliphatic heterocycles. The van der Waals surface area contributed by atoms with Crippen LogP contribution in [0, 0.1) is 5.92 Å². The highest BCUT2D eigenvalue weighted by atomic mass is 16.2. The second kappa shape index (κ2) is 8.34. The molecule has 4 heterocycles. The lowest BCUT2D eigenvalue weighted by molar-refractivity contribution is -0.137. The molecule has 0 aliphatic carbocycles. The molecule has 1 unspecified atom stereocenters. The Morgan fingerprint density at radius 3 is 2.74 bits per heavy atom. The zero-order chi connectivity index (χ0) is 21.2. The van der Waals surface area contributed by atoms with Crippen molar-refractivity contribution in [1.29, 1.82) is 0 Å². The largest absolute Gasteiger partial charge is 0.338 e. The van der Waals surface area contributed by atoms with Crippen LogP contribution in [0.1, 0.15) is 34.5 Å². The topological polar surface area (TPSA) is 82.2 Å². The Morgan fingerprint density at radius 2 is 1.90 bits per heavy atom. The average molecular weight is 415 g/mol. The molecule has 1 saturated heterocycles. The molecule has 0 bridgehead atoms. The van der Waals surface area contributed by atoms with Gasteiger partial charge in [-0.2, -0.15) is 5.10 Å². The van der Waals surface area contributed by atoms with Gasteiger partial charge in [-0.05, 0) is 48.6 Å². The summed E-state index contributed by atoms with van der Waals surface area (Å²) in [4.78, 5) is 34.1. The van der Waals surface area contributed by atoms with Crippen LogP contribution in [0.3, 0.4) is 0 Å². The highest BCUT2D eigenvalue weighted by Gasteiger charge is 2.33. The number of hydrogen-bond acceptors (Lipinski definition) is 4. The number of carbonyl (C=O) groups is 2. The molecule has 2 aliphatic rings. The van der Waals surface area contributed by atoms with Gasteiger partial charge >= 0.3 is 0 Å². The van der Waals surface area contributed by atoms with Crippen molar-refractivity contribution in [2.24, 2.45) is 5.92 Å². The molecule has 5 rings (SSSR count). The van der Waals surface area contributed by atoms with Crippen molar-refractivity contribution < 1.29 is 9.59 Å². The van der Waals surface area contributed by atoms with E-state index >= 15 is 0 Å². The predicted molar refractivity (Wildman–Crippen MR) is 116 cm³/mol. The molecule has 1 N–H and O–H groups in total. The molecule has 1 aromatic carbocycles. The van der Waals surface area contributed by atoms with Gasteiger partial charge in [0.15, 0.2) is 0 Å². The summed E-state index contributed by atoms with van der Waals surface area (Å²) in [7, 11) is 0. The van der Waals surface area contributed by atoms with E-state index in [-0.39, 0.29) is 17.7 Å². The normalized spacial score (nSPS) is 18.5. The van der Waals surface area contributed by atoms with Crippen LogP contribution < -0.4 is 0 Å². The highest BCUT2D eigenvalue weighted by molar-refractivity contribution is 5.94. The molecular formula is C24H25N5O2. The number of rotatable bonds is 3. The minimum atomic E-state index is -0.149. The fraction of sp³-hybridized carbons (Fsp3) is 0.333. The molecule has 158 valence electrons. The summed E-state index contributed by atoms with van der Waals surface area (Å²) in [5.41, 5.74) is 4.55. The fourth-order valence-corrected chi connectivity index (χ4v) is 4.57. The van der Waals surface area contributed by atoms with Gasteiger partial charge in [-0.25, -0.2) is 0 Å². The average Bonchev–Trinajstić information content (AvgIpc) is 3.34. The number of fused-ring (bicyclic) bond motifs is 1. The van der Waals surface area contributed by atoms with Crippen LogP contribution in [0.2, 0.25) is 0 Å². The Hall–Kier alpha value is -3.48. The lowest BCUT2D eigenvalue weighted by atomic mass is 9.93. The summed E-state index contributed by atoms with van der Waals surface area (Å²) < 4.78 is 0. The Morgan fingerprint density at radius 1 is 1.03 bits per heavy atom. The number of aromatic amines is 1. The van der Waals surface area contributed by atoms with Crippen LogP contribution in [-0.2, 0) is 17.8 Å². The predicted octanol–water partition coefficient (Wildman–Crippen LogP) is 2.91. The molecule has 3 aromatic rings. The molecule has 0 radical (unpaired) electrons. The molecule has 1 atom stereocenters. The van der Waals surface area contributed by atoms with Crippen LogP contribution in [0.5, 0.6) is 0 Å². The van der Waals surface area contributed by atoms with Crippen molar-refractivity contribution in [3.8, 4) is 11.3 Å². The number of nitrogens with zero attached hydrogens (tertiary/aromatic N) is 4. The number of H-pyrrole nitrogens is 1. The first kappa shape index (κ1) is 19.5. The number of nitrogens with one attached hydrogen (secondary N) is 1. The maximum Gasteiger partial charge on any atom is 0.271 e. The van der Waals surface area contributed by atoms with E-state index < -0.39 is 0 Å². The van der Waals surface area contributed by atoms with Gasteiger partial charge in [-0.15, -0.1) is 0 Å². The number of piperidine rings is 1. The third kappa shape index (κ3) is 3.95. The molecule has 7 heteroatoms. The minimum Gasteiger partial charge on any atom is -0.338 e. The number of amides is 2. The van der Waals surface area contributed by atoms with E-state index in [9.17, 15) is 9.59 Å². The summed E-state index contributed by atoms with van der Waals surface area (Å²) in [6.07, 6.45) is 5.97. The van der Waals surface area contributed by atoms with Gasteiger partial charge in [0.1, 0.15) is 5.69 Å². The van der Waals surface area contributed by atoms with Crippen molar-refractivity contribution in [2.45, 2.75) is 25.8 Å². The number of benzene rings is 1. The van der Waals surface area contributed by atoms with Gasteiger partial charge in [0.05, 0.1) is 11.6 Å². The lowest BCUT2D eigenvalue weighted by Gasteiger charge is -2.36. The summed E-state index contributed by atoms with van der Waals surface area (Å²) in [6, 6.07) is 13.8. The van der Waals surface area contributed by atoms with Gasteiger partial charge in [0, 0.05) is 44.1 Å². The molecule has 2 amide bonds. The van der Waals surface area contributed by atoms with Crippen LogP contribution >= 0.6 is 0 Å². The maximum atomic E-state index is 13.2. The van der Waals surface area contributed by atoms with E-state index in [2.05, 4.69) is 33.4 Å². The molecule has 0 spiro atoms. The third-order valence-corrected chi connectivity index (χ3v) is 6.27. The van der Waals surface area contributed by atoms with Crippen LogP contribution in [0.15, 0.2) is 54.9 Å². The van der Waals surface area contributed by atoms with Crippen LogP contribution in [0.25, 0.3) is 11.3 Å². The Kier molecular flexibility index (Phi) is 5.24. The maximum absolute atomic E-state index is 13.2. The highest BCUT2D eigenvalue weighted by Crippen LogP contribution is 2.25. The summed E-state index contributed by atoms with van der Waals surface area (Å²) in [5, 5.41) is 7.12. The first-order chi connectivity index (χ1) is 15.2. The zero-order valence-corrected chi connectivity index (χ0v) is 17.3. The van der Waals surface area contributed by atoms with E-state index in [1.807, 2.05) is 23.1 Å². The number of aromatic nitrogens is 3. The lowest BCUT2D eigenvalue weighted by Crippen LogP contribution is -2.47. The summed E-state index contributed by atoms with van der Waals surface area (Å²) >= 11 is 0. The van der Waals surface area contributed by atoms with E-state index in [1.54, 1.807) is 23.4 Å². The monoisotopic (exact) mass is 415 g/mol. The first-order valence-corrected chi connectivity index (χ1v) is 10.8. The third-order valence-electron chi connectivity index (χ3n) is 6.27. The standard InChI is InChI=1S/C24H25N5O2/c30-23(29-12-9-17-5-1-2-6-19(17)15-29)20-8-4-11-28(16-20)24(31)22-13-21(26-27-22)18-7-3-10-25-14-18/h1-3,5-7,10,13-14,20H,4,8-9,11-12,15-16H2,(H,26,27). The molecule has 7 nitrogen and oxygen atoms in total. The number of pyridine rings is 1. The van der Waals surface area contributed by atoms with Gasteiger partial charge < -0.3 is 9.80 Å². The molecule has 0 saturated carbocycles. The zero-order valence-electron chi connectivity index (χ0n) is 17.3. The molecule has 1 fully saturated rings. The summed E-state index contributed by atoms with van der Waals surface area (Å²) in [5.74, 6) is -0.0968. The van der Waals surface area contributed by atoms with E-state index in [4.69, 9.17) is 0 Å². The van der Waals surface area contributed by atoms with E-state index in [1.165, 1.54) is 11.1 Å². The van der Waals surface area contributed by atoms with Crippen molar-refractivity contribution in [2.75, 3.05) is 19.6 Å².